The highest BCUT2D eigenvalue weighted by atomic mass is 79.9. The van der Waals surface area contributed by atoms with Crippen LogP contribution in [0.15, 0.2) is 44.3 Å². The summed E-state index contributed by atoms with van der Waals surface area (Å²) in [5, 5.41) is 7.56. The van der Waals surface area contributed by atoms with E-state index in [1.165, 1.54) is 31.4 Å². The Bertz CT molecular complexity index is 785. The highest BCUT2D eigenvalue weighted by molar-refractivity contribution is 9.10. The number of amides is 1. The molecule has 0 saturated heterocycles. The lowest BCUT2D eigenvalue weighted by molar-refractivity contribution is 0.0995. The number of primary sulfonamides is 1. The van der Waals surface area contributed by atoms with E-state index >= 15 is 0 Å². The van der Waals surface area contributed by atoms with Crippen LogP contribution >= 0.6 is 15.9 Å². The second kappa shape index (κ2) is 5.88. The number of nitrogens with two attached hydrogens (primary N) is 1. The van der Waals surface area contributed by atoms with Crippen LogP contribution in [0.1, 0.15) is 10.6 Å². The van der Waals surface area contributed by atoms with Crippen molar-refractivity contribution in [3.63, 3.8) is 0 Å². The molecule has 0 spiro atoms. The van der Waals surface area contributed by atoms with Crippen LogP contribution in [0.3, 0.4) is 0 Å². The van der Waals surface area contributed by atoms with Crippen molar-refractivity contribution >= 4 is 37.5 Å². The number of carbonyl (C=O) groups is 1. The monoisotopic (exact) mass is 374 g/mol. The number of ether oxygens (including phenoxy) is 1. The van der Waals surface area contributed by atoms with Crippen molar-refractivity contribution in [2.45, 2.75) is 4.90 Å². The number of hydrogen-bond acceptors (Lipinski definition) is 5. The largest absolute Gasteiger partial charge is 0.495 e. The van der Waals surface area contributed by atoms with E-state index in [9.17, 15) is 13.2 Å². The van der Waals surface area contributed by atoms with E-state index in [0.717, 1.165) is 0 Å². The Morgan fingerprint density at radius 3 is 2.57 bits per heavy atom. The molecule has 0 fully saturated rings. The van der Waals surface area contributed by atoms with Crippen molar-refractivity contribution in [2.75, 3.05) is 12.4 Å². The van der Waals surface area contributed by atoms with Crippen molar-refractivity contribution in [3.8, 4) is 5.75 Å². The second-order valence-corrected chi connectivity index (χ2v) is 6.31. The zero-order valence-electron chi connectivity index (χ0n) is 10.8. The normalized spacial score (nSPS) is 11.2. The molecule has 3 N–H and O–H groups in total. The molecule has 7 nitrogen and oxygen atoms in total. The first kappa shape index (κ1) is 15.5. The number of methoxy groups -OCH3 is 1. The smallest absolute Gasteiger partial charge is 0.291 e. The summed E-state index contributed by atoms with van der Waals surface area (Å²) in [6.07, 6.45) is 0. The minimum absolute atomic E-state index is 0.0601. The van der Waals surface area contributed by atoms with Gasteiger partial charge in [-0.15, -0.1) is 0 Å². The zero-order valence-corrected chi connectivity index (χ0v) is 13.2. The molecule has 0 aliphatic rings. The quantitative estimate of drug-likeness (QED) is 0.849. The second-order valence-electron chi connectivity index (χ2n) is 3.96. The molecule has 0 radical (unpaired) electrons. The van der Waals surface area contributed by atoms with E-state index in [4.69, 9.17) is 14.3 Å². The van der Waals surface area contributed by atoms with Crippen molar-refractivity contribution < 1.29 is 22.4 Å². The fourth-order valence-corrected chi connectivity index (χ4v) is 2.43. The molecular formula is C12H11BrN2O5S. The van der Waals surface area contributed by atoms with Crippen molar-refractivity contribution in [3.05, 3.63) is 40.8 Å². The molecule has 0 unspecified atom stereocenters. The van der Waals surface area contributed by atoms with Crippen molar-refractivity contribution in [2.24, 2.45) is 5.14 Å². The molecule has 9 heteroatoms. The first-order chi connectivity index (χ1) is 9.81. The number of carbonyl (C=O) groups excluding carboxylic acids is 1. The summed E-state index contributed by atoms with van der Waals surface area (Å²) in [6, 6.07) is 6.92. The molecule has 0 aliphatic heterocycles. The maximum atomic E-state index is 12.0. The van der Waals surface area contributed by atoms with E-state index in [1.807, 2.05) is 0 Å². The number of sulfonamides is 1. The van der Waals surface area contributed by atoms with Gasteiger partial charge in [0.05, 0.1) is 17.7 Å². The molecule has 1 aromatic heterocycles. The third-order valence-electron chi connectivity index (χ3n) is 2.54. The highest BCUT2D eigenvalue weighted by Crippen LogP contribution is 2.28. The van der Waals surface area contributed by atoms with Gasteiger partial charge in [0.1, 0.15) is 5.75 Å². The minimum atomic E-state index is -3.88. The maximum absolute atomic E-state index is 12.0. The molecule has 0 bridgehead atoms. The molecule has 1 heterocycles. The van der Waals surface area contributed by atoms with Gasteiger partial charge in [-0.05, 0) is 46.3 Å². The van der Waals surface area contributed by atoms with Crippen LogP contribution in [-0.4, -0.2) is 21.4 Å². The van der Waals surface area contributed by atoms with Crippen LogP contribution in [0.2, 0.25) is 0 Å². The molecule has 2 rings (SSSR count). The number of hydrogen-bond donors (Lipinski definition) is 2. The van der Waals surface area contributed by atoms with Gasteiger partial charge in [-0.1, -0.05) is 0 Å². The molecule has 0 aliphatic carbocycles. The molecule has 21 heavy (non-hydrogen) atoms. The summed E-state index contributed by atoms with van der Waals surface area (Å²) < 4.78 is 33.3. The Balaban J connectivity index is 2.36. The molecule has 0 atom stereocenters. The van der Waals surface area contributed by atoms with Gasteiger partial charge in [0.15, 0.2) is 10.4 Å². The third-order valence-corrected chi connectivity index (χ3v) is 3.88. The Labute approximate surface area is 129 Å². The third kappa shape index (κ3) is 3.63. The number of furan rings is 1. The fraction of sp³-hybridized carbons (Fsp3) is 0.0833. The van der Waals surface area contributed by atoms with Crippen molar-refractivity contribution in [1.82, 2.24) is 0 Å². The van der Waals surface area contributed by atoms with E-state index in [0.29, 0.717) is 10.4 Å². The van der Waals surface area contributed by atoms with Crippen LogP contribution in [0.25, 0.3) is 0 Å². The van der Waals surface area contributed by atoms with E-state index in [-0.39, 0.29) is 16.3 Å². The predicted octanol–water partition coefficient (Wildman–Crippen LogP) is 1.95. The Morgan fingerprint density at radius 1 is 1.33 bits per heavy atom. The molecule has 1 amide bonds. The summed E-state index contributed by atoms with van der Waals surface area (Å²) in [5.74, 6) is -0.197. The van der Waals surface area contributed by atoms with Gasteiger partial charge >= 0.3 is 0 Å². The number of rotatable bonds is 4. The first-order valence-electron chi connectivity index (χ1n) is 5.59. The molecular weight excluding hydrogens is 364 g/mol. The van der Waals surface area contributed by atoms with Crippen molar-refractivity contribution in [1.29, 1.82) is 0 Å². The van der Waals surface area contributed by atoms with Crippen LogP contribution < -0.4 is 15.2 Å². The summed E-state index contributed by atoms with van der Waals surface area (Å²) in [5.41, 5.74) is 0.168. The Hall–Kier alpha value is -1.84. The maximum Gasteiger partial charge on any atom is 0.291 e. The lowest BCUT2D eigenvalue weighted by atomic mass is 10.3. The topological polar surface area (TPSA) is 112 Å². The summed E-state index contributed by atoms with van der Waals surface area (Å²) >= 11 is 3.08. The lowest BCUT2D eigenvalue weighted by Gasteiger charge is -2.10. The Kier molecular flexibility index (Phi) is 4.35. The number of halogens is 1. The van der Waals surface area contributed by atoms with Gasteiger partial charge in [0.25, 0.3) is 5.91 Å². The molecule has 1 aromatic carbocycles. The average molecular weight is 375 g/mol. The van der Waals surface area contributed by atoms with Crippen LogP contribution in [0.5, 0.6) is 5.75 Å². The zero-order chi connectivity index (χ0) is 15.6. The van der Waals surface area contributed by atoms with E-state index < -0.39 is 15.9 Å². The highest BCUT2D eigenvalue weighted by Gasteiger charge is 2.16. The van der Waals surface area contributed by atoms with Crippen LogP contribution in [0.4, 0.5) is 5.69 Å². The van der Waals surface area contributed by atoms with Gasteiger partial charge in [-0.25, -0.2) is 13.6 Å². The van der Waals surface area contributed by atoms with Crippen LogP contribution in [-0.2, 0) is 10.0 Å². The van der Waals surface area contributed by atoms with Gasteiger partial charge < -0.3 is 14.5 Å². The standard InChI is InChI=1S/C12H11BrN2O5S/c1-19-9-3-2-7(21(14,17)18)6-8(9)15-12(16)10-4-5-11(13)20-10/h2-6H,1H3,(H,15,16)(H2,14,17,18). The number of nitrogens with one attached hydrogen (secondary N) is 1. The predicted molar refractivity (Wildman–Crippen MR) is 78.7 cm³/mol. The summed E-state index contributed by atoms with van der Waals surface area (Å²) in [4.78, 5) is 11.9. The number of benzene rings is 1. The van der Waals surface area contributed by atoms with Gasteiger partial charge in [0, 0.05) is 0 Å². The average Bonchev–Trinajstić information content (AvgIpc) is 2.84. The fourth-order valence-electron chi connectivity index (χ4n) is 1.58. The lowest BCUT2D eigenvalue weighted by Crippen LogP contribution is -2.15. The molecule has 0 saturated carbocycles. The molecule has 112 valence electrons. The first-order valence-corrected chi connectivity index (χ1v) is 7.92. The Morgan fingerprint density at radius 2 is 2.05 bits per heavy atom. The van der Waals surface area contributed by atoms with Gasteiger partial charge in [-0.2, -0.15) is 0 Å². The summed E-state index contributed by atoms with van der Waals surface area (Å²) in [6.45, 7) is 0. The van der Waals surface area contributed by atoms with Gasteiger partial charge in [0.2, 0.25) is 10.0 Å². The summed E-state index contributed by atoms with van der Waals surface area (Å²) in [7, 11) is -2.49. The van der Waals surface area contributed by atoms with Crippen LogP contribution in [0, 0.1) is 0 Å². The van der Waals surface area contributed by atoms with Gasteiger partial charge in [-0.3, -0.25) is 4.79 Å². The minimum Gasteiger partial charge on any atom is -0.495 e. The number of anilines is 1. The van der Waals surface area contributed by atoms with E-state index in [2.05, 4.69) is 21.2 Å². The van der Waals surface area contributed by atoms with E-state index in [1.54, 1.807) is 6.07 Å². The molecule has 2 aromatic rings. The SMILES string of the molecule is COc1ccc(S(N)(=O)=O)cc1NC(=O)c1ccc(Br)o1.